The van der Waals surface area contributed by atoms with E-state index in [0.717, 1.165) is 29.4 Å². The molecule has 2 aromatic rings. The first-order valence-electron chi connectivity index (χ1n) is 8.35. The molecule has 1 saturated heterocycles. The molecule has 2 heterocycles. The first kappa shape index (κ1) is 18.4. The monoisotopic (exact) mass is 425 g/mol. The summed E-state index contributed by atoms with van der Waals surface area (Å²) in [5.74, 6) is 1.63. The molecule has 1 aromatic carbocycles. The van der Waals surface area contributed by atoms with E-state index in [1.165, 1.54) is 0 Å². The normalized spacial score (nSPS) is 18.4. The van der Waals surface area contributed by atoms with Crippen LogP contribution in [-0.4, -0.2) is 39.9 Å². The van der Waals surface area contributed by atoms with Gasteiger partial charge in [-0.25, -0.2) is 0 Å². The van der Waals surface area contributed by atoms with Crippen molar-refractivity contribution in [3.05, 3.63) is 34.6 Å². The number of nitrogens with zero attached hydrogens (tertiary/aromatic N) is 3. The van der Waals surface area contributed by atoms with Crippen molar-refractivity contribution in [2.45, 2.75) is 32.6 Å². The zero-order valence-corrected chi connectivity index (χ0v) is 16.7. The van der Waals surface area contributed by atoms with Gasteiger partial charge < -0.3 is 9.42 Å². The molecule has 1 fully saturated rings. The molecule has 7 heteroatoms. The highest BCUT2D eigenvalue weighted by Crippen LogP contribution is 2.30. The molecule has 3 rings (SSSR count). The number of amides is 1. The summed E-state index contributed by atoms with van der Waals surface area (Å²) in [7, 11) is 0. The number of benzene rings is 1. The molecule has 134 valence electrons. The van der Waals surface area contributed by atoms with E-state index in [9.17, 15) is 4.79 Å². The lowest BCUT2D eigenvalue weighted by atomic mass is 9.91. The van der Waals surface area contributed by atoms with Gasteiger partial charge in [0, 0.05) is 29.0 Å². The van der Waals surface area contributed by atoms with E-state index in [2.05, 4.69) is 26.1 Å². The van der Waals surface area contributed by atoms with Crippen molar-refractivity contribution in [2.75, 3.05) is 19.0 Å². The van der Waals surface area contributed by atoms with E-state index >= 15 is 0 Å². The third kappa shape index (κ3) is 4.06. The predicted octanol–water partition coefficient (Wildman–Crippen LogP) is 4.47. The third-order valence-electron chi connectivity index (χ3n) is 4.52. The number of hydrogen-bond acceptors (Lipinski definition) is 4. The summed E-state index contributed by atoms with van der Waals surface area (Å²) < 4.78 is 6.49. The molecule has 1 aliphatic heterocycles. The standard InChI is InChI=1S/C18H21BrClN3O2/c1-18(2,11-20)17(24)23-9-3-4-13(10-23)16-21-15(22-25-16)12-5-7-14(19)8-6-12/h5-8,13H,3-4,9-11H2,1-2H3. The number of piperidine rings is 1. The van der Waals surface area contributed by atoms with Crippen LogP contribution in [0.5, 0.6) is 0 Å². The van der Waals surface area contributed by atoms with Crippen LogP contribution in [0.3, 0.4) is 0 Å². The van der Waals surface area contributed by atoms with Gasteiger partial charge in [-0.3, -0.25) is 4.79 Å². The van der Waals surface area contributed by atoms with E-state index < -0.39 is 5.41 Å². The van der Waals surface area contributed by atoms with Gasteiger partial charge in [0.05, 0.1) is 11.3 Å². The average molecular weight is 427 g/mol. The van der Waals surface area contributed by atoms with E-state index in [0.29, 0.717) is 24.1 Å². The number of aromatic nitrogens is 2. The van der Waals surface area contributed by atoms with Gasteiger partial charge in [0.25, 0.3) is 0 Å². The molecule has 0 N–H and O–H groups in total. The predicted molar refractivity (Wildman–Crippen MR) is 100 cm³/mol. The Morgan fingerprint density at radius 3 is 2.80 bits per heavy atom. The lowest BCUT2D eigenvalue weighted by Crippen LogP contribution is -2.46. The molecule has 1 atom stereocenters. The van der Waals surface area contributed by atoms with Crippen molar-refractivity contribution in [1.29, 1.82) is 0 Å². The second-order valence-corrected chi connectivity index (χ2v) is 8.25. The molecular formula is C18H21BrClN3O2. The van der Waals surface area contributed by atoms with Gasteiger partial charge in [-0.1, -0.05) is 21.1 Å². The summed E-state index contributed by atoms with van der Waals surface area (Å²) in [5.41, 5.74) is 0.353. The Morgan fingerprint density at radius 1 is 1.40 bits per heavy atom. The van der Waals surface area contributed by atoms with Crippen molar-refractivity contribution < 1.29 is 9.32 Å². The Balaban J connectivity index is 1.74. The minimum Gasteiger partial charge on any atom is -0.341 e. The van der Waals surface area contributed by atoms with Crippen molar-refractivity contribution in [3.8, 4) is 11.4 Å². The van der Waals surface area contributed by atoms with Gasteiger partial charge >= 0.3 is 0 Å². The molecule has 0 aliphatic carbocycles. The molecule has 0 radical (unpaired) electrons. The third-order valence-corrected chi connectivity index (χ3v) is 5.71. The lowest BCUT2D eigenvalue weighted by Gasteiger charge is -2.35. The molecule has 1 aromatic heterocycles. The average Bonchev–Trinajstić information content (AvgIpc) is 3.12. The minimum atomic E-state index is -0.555. The zero-order valence-electron chi connectivity index (χ0n) is 14.3. The molecular weight excluding hydrogens is 406 g/mol. The number of rotatable bonds is 4. The lowest BCUT2D eigenvalue weighted by molar-refractivity contribution is -0.140. The fourth-order valence-corrected chi connectivity index (χ4v) is 3.34. The Kier molecular flexibility index (Phi) is 5.49. The van der Waals surface area contributed by atoms with Crippen molar-refractivity contribution in [3.63, 3.8) is 0 Å². The van der Waals surface area contributed by atoms with Crippen LogP contribution in [0.4, 0.5) is 0 Å². The maximum Gasteiger partial charge on any atom is 0.231 e. The molecule has 1 amide bonds. The summed E-state index contributed by atoms with van der Waals surface area (Å²) >= 11 is 9.37. The highest BCUT2D eigenvalue weighted by atomic mass is 79.9. The Morgan fingerprint density at radius 2 is 2.12 bits per heavy atom. The van der Waals surface area contributed by atoms with Gasteiger partial charge in [-0.05, 0) is 51.0 Å². The van der Waals surface area contributed by atoms with Crippen LogP contribution in [0.2, 0.25) is 0 Å². The van der Waals surface area contributed by atoms with Gasteiger partial charge in [0.1, 0.15) is 0 Å². The van der Waals surface area contributed by atoms with Gasteiger partial charge in [0.15, 0.2) is 0 Å². The number of carbonyl (C=O) groups excluding carboxylic acids is 1. The largest absolute Gasteiger partial charge is 0.341 e. The Bertz CT molecular complexity index is 745. The molecule has 1 unspecified atom stereocenters. The quantitative estimate of drug-likeness (QED) is 0.677. The number of hydrogen-bond donors (Lipinski definition) is 0. The Hall–Kier alpha value is -1.40. The van der Waals surface area contributed by atoms with E-state index in [1.807, 2.05) is 43.0 Å². The molecule has 0 spiro atoms. The van der Waals surface area contributed by atoms with E-state index in [1.54, 1.807) is 0 Å². The molecule has 0 bridgehead atoms. The number of likely N-dealkylation sites (tertiary alicyclic amines) is 1. The van der Waals surface area contributed by atoms with Crippen LogP contribution in [0.25, 0.3) is 11.4 Å². The highest BCUT2D eigenvalue weighted by Gasteiger charge is 2.35. The first-order chi connectivity index (χ1) is 11.9. The van der Waals surface area contributed by atoms with Crippen molar-refractivity contribution >= 4 is 33.4 Å². The summed E-state index contributed by atoms with van der Waals surface area (Å²) in [5, 5.41) is 4.10. The van der Waals surface area contributed by atoms with Crippen LogP contribution < -0.4 is 0 Å². The number of halogens is 2. The topological polar surface area (TPSA) is 59.2 Å². The highest BCUT2D eigenvalue weighted by molar-refractivity contribution is 9.10. The van der Waals surface area contributed by atoms with Crippen LogP contribution in [0, 0.1) is 5.41 Å². The van der Waals surface area contributed by atoms with Crippen molar-refractivity contribution in [2.24, 2.45) is 5.41 Å². The second kappa shape index (κ2) is 7.46. The molecule has 5 nitrogen and oxygen atoms in total. The maximum atomic E-state index is 12.7. The summed E-state index contributed by atoms with van der Waals surface area (Å²) in [6, 6.07) is 7.78. The van der Waals surface area contributed by atoms with Crippen LogP contribution >= 0.6 is 27.5 Å². The molecule has 25 heavy (non-hydrogen) atoms. The van der Waals surface area contributed by atoms with E-state index in [4.69, 9.17) is 16.1 Å². The fraction of sp³-hybridized carbons (Fsp3) is 0.500. The van der Waals surface area contributed by atoms with E-state index in [-0.39, 0.29) is 11.8 Å². The maximum absolute atomic E-state index is 12.7. The summed E-state index contributed by atoms with van der Waals surface area (Å²) in [4.78, 5) is 19.1. The fourth-order valence-electron chi connectivity index (χ4n) is 2.97. The summed E-state index contributed by atoms with van der Waals surface area (Å²) in [6.07, 6.45) is 1.86. The van der Waals surface area contributed by atoms with Crippen molar-refractivity contribution in [1.82, 2.24) is 15.0 Å². The second-order valence-electron chi connectivity index (χ2n) is 7.07. The molecule has 1 aliphatic rings. The molecule has 0 saturated carbocycles. The van der Waals surface area contributed by atoms with Crippen LogP contribution in [0.15, 0.2) is 33.3 Å². The first-order valence-corrected chi connectivity index (χ1v) is 9.68. The number of alkyl halides is 1. The van der Waals surface area contributed by atoms with Gasteiger partial charge in [-0.15, -0.1) is 11.6 Å². The van der Waals surface area contributed by atoms with Gasteiger partial charge in [-0.2, -0.15) is 4.98 Å². The Labute approximate surface area is 160 Å². The van der Waals surface area contributed by atoms with Gasteiger partial charge in [0.2, 0.25) is 17.6 Å². The number of carbonyl (C=O) groups is 1. The van der Waals surface area contributed by atoms with Crippen LogP contribution in [0.1, 0.15) is 38.5 Å². The smallest absolute Gasteiger partial charge is 0.231 e. The zero-order chi connectivity index (χ0) is 18.0. The summed E-state index contributed by atoms with van der Waals surface area (Å²) in [6.45, 7) is 5.11. The SMILES string of the molecule is CC(C)(CCl)C(=O)N1CCCC(c2nc(-c3ccc(Br)cc3)no2)C1. The minimum absolute atomic E-state index is 0.0699. The van der Waals surface area contributed by atoms with Crippen LogP contribution in [-0.2, 0) is 4.79 Å².